The minimum atomic E-state index is -4.85. The molecule has 4 nitrogen and oxygen atoms in total. The van der Waals surface area contributed by atoms with Crippen molar-refractivity contribution in [2.24, 2.45) is 0 Å². The third-order valence-corrected chi connectivity index (χ3v) is 4.37. The monoisotopic (exact) mass is 296 g/mol. The van der Waals surface area contributed by atoms with Gasteiger partial charge >= 0.3 is 5.51 Å². The van der Waals surface area contributed by atoms with E-state index in [1.807, 2.05) is 0 Å². The van der Waals surface area contributed by atoms with Gasteiger partial charge in [-0.3, -0.25) is 4.79 Å². The van der Waals surface area contributed by atoms with E-state index in [0.717, 1.165) is 23.9 Å². The highest BCUT2D eigenvalue weighted by atomic mass is 32.2. The summed E-state index contributed by atoms with van der Waals surface area (Å²) in [5.41, 5.74) is 0.984. The molecular formula is C9H7F3N2O2S2. The van der Waals surface area contributed by atoms with Crippen LogP contribution in [0.25, 0.3) is 0 Å². The SMILES string of the molecule is Nc1cc(S(=O)C(F)(F)F)cc2c1SCC(=O)N2. The summed E-state index contributed by atoms with van der Waals surface area (Å²) in [5, 5.41) is 2.41. The maximum absolute atomic E-state index is 12.3. The number of nitrogen functional groups attached to an aromatic ring is 1. The van der Waals surface area contributed by atoms with E-state index in [4.69, 9.17) is 5.73 Å². The first-order valence-corrected chi connectivity index (χ1v) is 6.77. The lowest BCUT2D eigenvalue weighted by Gasteiger charge is -2.19. The molecular weight excluding hydrogens is 289 g/mol. The summed E-state index contributed by atoms with van der Waals surface area (Å²) in [6, 6.07) is 2.06. The molecule has 1 aromatic rings. The van der Waals surface area contributed by atoms with Crippen molar-refractivity contribution in [1.82, 2.24) is 0 Å². The molecule has 0 aliphatic carbocycles. The van der Waals surface area contributed by atoms with Gasteiger partial charge in [-0.15, -0.1) is 11.8 Å². The van der Waals surface area contributed by atoms with Crippen LogP contribution in [0, 0.1) is 0 Å². The van der Waals surface area contributed by atoms with Crippen LogP contribution < -0.4 is 11.1 Å². The molecule has 0 saturated heterocycles. The number of carbonyl (C=O) groups is 1. The first-order valence-electron chi connectivity index (χ1n) is 4.64. The second kappa shape index (κ2) is 4.47. The molecule has 1 aliphatic heterocycles. The summed E-state index contributed by atoms with van der Waals surface area (Å²) < 4.78 is 48.2. The Morgan fingerprint density at radius 1 is 1.39 bits per heavy atom. The first-order chi connectivity index (χ1) is 8.29. The van der Waals surface area contributed by atoms with Crippen LogP contribution in [0.2, 0.25) is 0 Å². The van der Waals surface area contributed by atoms with Gasteiger partial charge in [0, 0.05) is 5.69 Å². The zero-order valence-electron chi connectivity index (χ0n) is 8.71. The van der Waals surface area contributed by atoms with Gasteiger partial charge in [0.25, 0.3) is 0 Å². The summed E-state index contributed by atoms with van der Waals surface area (Å²) >= 11 is 1.13. The number of thioether (sulfide) groups is 1. The normalized spacial score (nSPS) is 16.9. The Balaban J connectivity index is 2.47. The van der Waals surface area contributed by atoms with Crippen LogP contribution in [0.1, 0.15) is 0 Å². The van der Waals surface area contributed by atoms with Crippen LogP contribution in [0.15, 0.2) is 21.9 Å². The van der Waals surface area contributed by atoms with Gasteiger partial charge in [-0.05, 0) is 12.1 Å². The number of carbonyl (C=O) groups excluding carboxylic acids is 1. The predicted molar refractivity (Wildman–Crippen MR) is 62.7 cm³/mol. The summed E-state index contributed by atoms with van der Waals surface area (Å²) in [6.07, 6.45) is 0. The molecule has 1 atom stereocenters. The number of alkyl halides is 3. The number of nitrogens with two attached hydrogens (primary N) is 1. The quantitative estimate of drug-likeness (QED) is 0.777. The highest BCUT2D eigenvalue weighted by molar-refractivity contribution is 8.00. The van der Waals surface area contributed by atoms with Crippen LogP contribution in [-0.4, -0.2) is 21.4 Å². The van der Waals surface area contributed by atoms with Crippen molar-refractivity contribution in [3.63, 3.8) is 0 Å². The Hall–Kier alpha value is -1.22. The largest absolute Gasteiger partial charge is 0.475 e. The van der Waals surface area contributed by atoms with E-state index in [9.17, 15) is 22.2 Å². The Morgan fingerprint density at radius 2 is 2.06 bits per heavy atom. The minimum Gasteiger partial charge on any atom is -0.398 e. The lowest BCUT2D eigenvalue weighted by Crippen LogP contribution is -2.21. The molecule has 3 N–H and O–H groups in total. The molecule has 0 aromatic heterocycles. The lowest BCUT2D eigenvalue weighted by atomic mass is 10.2. The van der Waals surface area contributed by atoms with Gasteiger partial charge in [-0.25, -0.2) is 4.21 Å². The number of hydrogen-bond donors (Lipinski definition) is 2. The molecule has 0 radical (unpaired) electrons. The van der Waals surface area contributed by atoms with Gasteiger partial charge < -0.3 is 11.1 Å². The average molecular weight is 296 g/mol. The number of benzene rings is 1. The van der Waals surface area contributed by atoms with E-state index in [2.05, 4.69) is 5.32 Å². The van der Waals surface area contributed by atoms with E-state index >= 15 is 0 Å². The predicted octanol–water partition coefficient (Wildman–Crippen LogP) is 1.94. The maximum atomic E-state index is 12.3. The highest BCUT2D eigenvalue weighted by Crippen LogP contribution is 2.39. The van der Waals surface area contributed by atoms with Crippen molar-refractivity contribution in [3.8, 4) is 0 Å². The van der Waals surface area contributed by atoms with E-state index in [0.29, 0.717) is 4.90 Å². The fourth-order valence-electron chi connectivity index (χ4n) is 1.44. The van der Waals surface area contributed by atoms with Crippen molar-refractivity contribution in [2.75, 3.05) is 16.8 Å². The van der Waals surface area contributed by atoms with Crippen LogP contribution in [0.4, 0.5) is 24.5 Å². The van der Waals surface area contributed by atoms with E-state index in [-0.39, 0.29) is 23.0 Å². The van der Waals surface area contributed by atoms with Crippen LogP contribution in [0.3, 0.4) is 0 Å². The summed E-state index contributed by atoms with van der Waals surface area (Å²) in [6.45, 7) is 0. The number of fused-ring (bicyclic) bond motifs is 1. The van der Waals surface area contributed by atoms with Gasteiger partial charge in [-0.1, -0.05) is 0 Å². The molecule has 0 spiro atoms. The van der Waals surface area contributed by atoms with E-state index in [1.165, 1.54) is 0 Å². The molecule has 18 heavy (non-hydrogen) atoms. The smallest absolute Gasteiger partial charge is 0.398 e. The Kier molecular flexibility index (Phi) is 3.28. The number of halogens is 3. The van der Waals surface area contributed by atoms with Crippen LogP contribution >= 0.6 is 11.8 Å². The van der Waals surface area contributed by atoms with Gasteiger partial charge in [0.1, 0.15) is 0 Å². The summed E-state index contributed by atoms with van der Waals surface area (Å²) in [7, 11) is -3.16. The molecule has 2 rings (SSSR count). The molecule has 0 saturated carbocycles. The first kappa shape index (κ1) is 13.2. The third-order valence-electron chi connectivity index (χ3n) is 2.14. The Bertz CT molecular complexity index is 545. The Morgan fingerprint density at radius 3 is 2.67 bits per heavy atom. The molecule has 1 aliphatic rings. The lowest BCUT2D eigenvalue weighted by molar-refractivity contribution is -0.113. The number of nitrogens with one attached hydrogen (secondary N) is 1. The fourth-order valence-corrected chi connectivity index (χ4v) is 3.01. The molecule has 1 unspecified atom stereocenters. The van der Waals surface area contributed by atoms with Crippen molar-refractivity contribution in [2.45, 2.75) is 15.3 Å². The topological polar surface area (TPSA) is 72.2 Å². The number of amides is 1. The maximum Gasteiger partial charge on any atom is 0.475 e. The van der Waals surface area contributed by atoms with Crippen LogP contribution in [-0.2, 0) is 15.6 Å². The fraction of sp³-hybridized carbons (Fsp3) is 0.222. The highest BCUT2D eigenvalue weighted by Gasteiger charge is 2.38. The molecule has 1 heterocycles. The molecule has 1 amide bonds. The number of rotatable bonds is 1. The molecule has 1 aromatic carbocycles. The second-order valence-electron chi connectivity index (χ2n) is 3.44. The molecule has 0 bridgehead atoms. The van der Waals surface area contributed by atoms with E-state index in [1.54, 1.807) is 0 Å². The number of hydrogen-bond acceptors (Lipinski definition) is 4. The van der Waals surface area contributed by atoms with Gasteiger partial charge in [0.15, 0.2) is 10.8 Å². The number of anilines is 2. The van der Waals surface area contributed by atoms with Gasteiger partial charge in [0.2, 0.25) is 5.91 Å². The summed E-state index contributed by atoms with van der Waals surface area (Å²) in [4.78, 5) is 11.2. The molecule has 9 heteroatoms. The van der Waals surface area contributed by atoms with Crippen LogP contribution in [0.5, 0.6) is 0 Å². The van der Waals surface area contributed by atoms with Gasteiger partial charge in [0.05, 0.1) is 21.2 Å². The molecule has 98 valence electrons. The van der Waals surface area contributed by atoms with Crippen molar-refractivity contribution in [1.29, 1.82) is 0 Å². The second-order valence-corrected chi connectivity index (χ2v) is 5.90. The summed E-state index contributed by atoms with van der Waals surface area (Å²) in [5.74, 6) is -0.180. The van der Waals surface area contributed by atoms with Crippen molar-refractivity contribution in [3.05, 3.63) is 12.1 Å². The van der Waals surface area contributed by atoms with Gasteiger partial charge in [-0.2, -0.15) is 13.2 Å². The van der Waals surface area contributed by atoms with Crippen molar-refractivity contribution >= 4 is 39.8 Å². The Labute approximate surface area is 107 Å². The minimum absolute atomic E-state index is 0.0742. The average Bonchev–Trinajstić information content (AvgIpc) is 2.25. The van der Waals surface area contributed by atoms with E-state index < -0.39 is 21.2 Å². The standard InChI is InChI=1S/C9H7F3N2O2S2/c10-9(11,12)18(16)4-1-5(13)8-6(2-4)14-7(15)3-17-8/h1-2H,3,13H2,(H,14,15). The zero-order valence-corrected chi connectivity index (χ0v) is 10.3. The molecule has 0 fully saturated rings. The third kappa shape index (κ3) is 2.46. The van der Waals surface area contributed by atoms with Crippen molar-refractivity contribution < 1.29 is 22.2 Å². The zero-order chi connectivity index (χ0) is 13.5.